The maximum absolute atomic E-state index is 12.2. The summed E-state index contributed by atoms with van der Waals surface area (Å²) in [6.45, 7) is 1.94. The lowest BCUT2D eigenvalue weighted by Gasteiger charge is -2.30. The number of nitrogens with zero attached hydrogens (tertiary/aromatic N) is 1. The zero-order valence-electron chi connectivity index (χ0n) is 9.90. The molecule has 2 aliphatic carbocycles. The van der Waals surface area contributed by atoms with Gasteiger partial charge >= 0.3 is 0 Å². The van der Waals surface area contributed by atoms with Crippen molar-refractivity contribution < 1.29 is 4.79 Å². The molecule has 0 spiro atoms. The highest BCUT2D eigenvalue weighted by Crippen LogP contribution is 2.37. The van der Waals surface area contributed by atoms with Gasteiger partial charge in [0.15, 0.2) is 0 Å². The first-order chi connectivity index (χ1) is 7.75. The third-order valence-corrected chi connectivity index (χ3v) is 4.92. The van der Waals surface area contributed by atoms with E-state index in [4.69, 9.17) is 5.73 Å². The van der Waals surface area contributed by atoms with Gasteiger partial charge in [-0.3, -0.25) is 4.79 Å². The molecule has 1 aliphatic heterocycles. The Balaban J connectivity index is 1.64. The maximum Gasteiger partial charge on any atom is 0.225 e. The average Bonchev–Trinajstić information content (AvgIpc) is 2.60. The molecule has 3 fully saturated rings. The summed E-state index contributed by atoms with van der Waals surface area (Å²) >= 11 is 0. The number of carbonyl (C=O) groups is 1. The number of fused-ring (bicyclic) bond motifs is 1. The molecule has 2 saturated carbocycles. The van der Waals surface area contributed by atoms with E-state index in [0.29, 0.717) is 29.7 Å². The van der Waals surface area contributed by atoms with E-state index in [1.165, 1.54) is 19.3 Å². The molecule has 0 bridgehead atoms. The van der Waals surface area contributed by atoms with Crippen LogP contribution in [0.15, 0.2) is 0 Å². The molecule has 0 aromatic carbocycles. The Morgan fingerprint density at radius 1 is 1.06 bits per heavy atom. The van der Waals surface area contributed by atoms with Crippen LogP contribution < -0.4 is 5.73 Å². The maximum atomic E-state index is 12.2. The van der Waals surface area contributed by atoms with Crippen molar-refractivity contribution in [1.82, 2.24) is 4.90 Å². The minimum absolute atomic E-state index is 0.345. The lowest BCUT2D eigenvalue weighted by Crippen LogP contribution is -2.40. The minimum atomic E-state index is 0.345. The van der Waals surface area contributed by atoms with E-state index in [-0.39, 0.29) is 0 Å². The molecule has 0 aromatic heterocycles. The monoisotopic (exact) mass is 222 g/mol. The Hall–Kier alpha value is -0.570. The molecule has 0 aromatic rings. The fraction of sp³-hybridized carbons (Fsp3) is 0.923. The molecule has 3 heteroatoms. The van der Waals surface area contributed by atoms with E-state index in [9.17, 15) is 4.79 Å². The van der Waals surface area contributed by atoms with Crippen molar-refractivity contribution in [3.63, 3.8) is 0 Å². The second kappa shape index (κ2) is 4.02. The summed E-state index contributed by atoms with van der Waals surface area (Å²) in [5, 5.41) is 0. The minimum Gasteiger partial charge on any atom is -0.342 e. The highest BCUT2D eigenvalue weighted by atomic mass is 16.2. The van der Waals surface area contributed by atoms with E-state index in [1.807, 2.05) is 0 Å². The molecule has 90 valence electrons. The molecule has 2 N–H and O–H groups in total. The number of hydrogen-bond acceptors (Lipinski definition) is 2. The standard InChI is InChI=1S/C13H22N2O/c14-12-6-2-5-10-7-15(8-11(10)12)13(16)9-3-1-4-9/h9-12H,1-8,14H2. The summed E-state index contributed by atoms with van der Waals surface area (Å²) < 4.78 is 0. The molecular formula is C13H22N2O. The first-order valence-corrected chi connectivity index (χ1v) is 6.80. The predicted octanol–water partition coefficient (Wildman–Crippen LogP) is 1.37. The van der Waals surface area contributed by atoms with Crippen molar-refractivity contribution in [2.75, 3.05) is 13.1 Å². The Kier molecular flexibility index (Phi) is 2.66. The summed E-state index contributed by atoms with van der Waals surface area (Å²) in [7, 11) is 0. The molecule has 3 rings (SSSR count). The van der Waals surface area contributed by atoms with Crippen LogP contribution in [0.25, 0.3) is 0 Å². The van der Waals surface area contributed by atoms with Crippen molar-refractivity contribution >= 4 is 5.91 Å². The van der Waals surface area contributed by atoms with Crippen LogP contribution in [0, 0.1) is 17.8 Å². The van der Waals surface area contributed by atoms with E-state index >= 15 is 0 Å². The smallest absolute Gasteiger partial charge is 0.225 e. The van der Waals surface area contributed by atoms with E-state index in [0.717, 1.165) is 32.4 Å². The van der Waals surface area contributed by atoms with Gasteiger partial charge in [0.2, 0.25) is 5.91 Å². The van der Waals surface area contributed by atoms with Gasteiger partial charge in [0.05, 0.1) is 0 Å². The highest BCUT2D eigenvalue weighted by molar-refractivity contribution is 5.79. The van der Waals surface area contributed by atoms with Crippen molar-refractivity contribution in [3.8, 4) is 0 Å². The van der Waals surface area contributed by atoms with Crippen molar-refractivity contribution in [1.29, 1.82) is 0 Å². The van der Waals surface area contributed by atoms with Gasteiger partial charge in [0.25, 0.3) is 0 Å². The number of likely N-dealkylation sites (tertiary alicyclic amines) is 1. The summed E-state index contributed by atoms with van der Waals surface area (Å²) in [5.41, 5.74) is 6.17. The molecule has 3 nitrogen and oxygen atoms in total. The topological polar surface area (TPSA) is 46.3 Å². The number of carbonyl (C=O) groups excluding carboxylic acids is 1. The Bertz CT molecular complexity index is 288. The van der Waals surface area contributed by atoms with Crippen LogP contribution in [0.5, 0.6) is 0 Å². The van der Waals surface area contributed by atoms with E-state index < -0.39 is 0 Å². The number of amides is 1. The zero-order chi connectivity index (χ0) is 11.1. The fourth-order valence-electron chi connectivity index (χ4n) is 3.61. The Morgan fingerprint density at radius 3 is 2.44 bits per heavy atom. The average molecular weight is 222 g/mol. The highest BCUT2D eigenvalue weighted by Gasteiger charge is 2.42. The fourth-order valence-corrected chi connectivity index (χ4v) is 3.61. The van der Waals surface area contributed by atoms with Gasteiger partial charge in [-0.05, 0) is 37.5 Å². The summed E-state index contributed by atoms with van der Waals surface area (Å²) in [6, 6.07) is 0.345. The van der Waals surface area contributed by atoms with Crippen LogP contribution in [0.1, 0.15) is 38.5 Å². The molecule has 3 aliphatic rings. The molecule has 16 heavy (non-hydrogen) atoms. The van der Waals surface area contributed by atoms with Gasteiger partial charge < -0.3 is 10.6 Å². The van der Waals surface area contributed by atoms with Crippen molar-refractivity contribution in [3.05, 3.63) is 0 Å². The normalized spacial score (nSPS) is 39.3. The van der Waals surface area contributed by atoms with Gasteiger partial charge in [-0.1, -0.05) is 12.8 Å². The lowest BCUT2D eigenvalue weighted by atomic mass is 9.78. The Labute approximate surface area is 97.4 Å². The molecule has 3 unspecified atom stereocenters. The van der Waals surface area contributed by atoms with E-state index in [2.05, 4.69) is 4.90 Å². The second-order valence-electron chi connectivity index (χ2n) is 5.89. The van der Waals surface area contributed by atoms with Crippen molar-refractivity contribution in [2.24, 2.45) is 23.5 Å². The van der Waals surface area contributed by atoms with Crippen LogP contribution in [-0.2, 0) is 4.79 Å². The number of hydrogen-bond donors (Lipinski definition) is 1. The van der Waals surface area contributed by atoms with Crippen LogP contribution in [-0.4, -0.2) is 29.9 Å². The largest absolute Gasteiger partial charge is 0.342 e. The molecule has 1 amide bonds. The van der Waals surface area contributed by atoms with Crippen molar-refractivity contribution in [2.45, 2.75) is 44.6 Å². The van der Waals surface area contributed by atoms with Crippen LogP contribution >= 0.6 is 0 Å². The molecule has 1 saturated heterocycles. The second-order valence-corrected chi connectivity index (χ2v) is 5.89. The van der Waals surface area contributed by atoms with Crippen LogP contribution in [0.2, 0.25) is 0 Å². The van der Waals surface area contributed by atoms with Gasteiger partial charge in [0, 0.05) is 25.0 Å². The summed E-state index contributed by atoms with van der Waals surface area (Å²) in [4.78, 5) is 14.3. The third kappa shape index (κ3) is 1.65. The molecule has 1 heterocycles. The van der Waals surface area contributed by atoms with Gasteiger partial charge in [0.1, 0.15) is 0 Å². The zero-order valence-corrected chi connectivity index (χ0v) is 9.90. The quantitative estimate of drug-likeness (QED) is 0.728. The lowest BCUT2D eigenvalue weighted by molar-refractivity contribution is -0.137. The third-order valence-electron chi connectivity index (χ3n) is 4.92. The SMILES string of the molecule is NC1CCCC2CN(C(=O)C3CCC3)CC12. The number of rotatable bonds is 1. The van der Waals surface area contributed by atoms with Crippen LogP contribution in [0.4, 0.5) is 0 Å². The first-order valence-electron chi connectivity index (χ1n) is 6.80. The first kappa shape index (κ1) is 10.6. The number of nitrogens with two attached hydrogens (primary N) is 1. The van der Waals surface area contributed by atoms with Gasteiger partial charge in [-0.15, -0.1) is 0 Å². The Morgan fingerprint density at radius 2 is 1.81 bits per heavy atom. The predicted molar refractivity (Wildman–Crippen MR) is 62.7 cm³/mol. The van der Waals surface area contributed by atoms with Gasteiger partial charge in [-0.25, -0.2) is 0 Å². The van der Waals surface area contributed by atoms with Gasteiger partial charge in [-0.2, -0.15) is 0 Å². The van der Waals surface area contributed by atoms with Crippen LogP contribution in [0.3, 0.4) is 0 Å². The van der Waals surface area contributed by atoms with E-state index in [1.54, 1.807) is 0 Å². The summed E-state index contributed by atoms with van der Waals surface area (Å²) in [6.07, 6.45) is 7.19. The molecular weight excluding hydrogens is 200 g/mol. The summed E-state index contributed by atoms with van der Waals surface area (Å²) in [5.74, 6) is 2.08. The molecule has 3 atom stereocenters. The molecule has 0 radical (unpaired) electrons.